The van der Waals surface area contributed by atoms with Crippen molar-refractivity contribution in [3.63, 3.8) is 0 Å². The van der Waals surface area contributed by atoms with Crippen LogP contribution in [0.15, 0.2) is 35.4 Å². The Balaban J connectivity index is 1.55. The Morgan fingerprint density at radius 2 is 2.29 bits per heavy atom. The lowest BCUT2D eigenvalue weighted by Crippen LogP contribution is -2.36. The fourth-order valence-electron chi connectivity index (χ4n) is 2.97. The van der Waals surface area contributed by atoms with Gasteiger partial charge in [0.2, 0.25) is 5.91 Å². The highest BCUT2D eigenvalue weighted by Gasteiger charge is 2.17. The van der Waals surface area contributed by atoms with Crippen molar-refractivity contribution in [1.82, 2.24) is 14.9 Å². The predicted octanol–water partition coefficient (Wildman–Crippen LogP) is 1.91. The summed E-state index contributed by atoms with van der Waals surface area (Å²) >= 11 is 1.42. The van der Waals surface area contributed by atoms with Gasteiger partial charge in [0, 0.05) is 23.2 Å². The first kappa shape index (κ1) is 15.3. The van der Waals surface area contributed by atoms with Crippen LogP contribution < -0.4 is 10.9 Å². The van der Waals surface area contributed by atoms with E-state index in [1.165, 1.54) is 22.2 Å². The number of aromatic nitrogens is 2. The molecule has 0 aliphatic carbocycles. The van der Waals surface area contributed by atoms with E-state index in [-0.39, 0.29) is 24.1 Å². The van der Waals surface area contributed by atoms with E-state index in [0.717, 1.165) is 29.5 Å². The fraction of sp³-hybridized carbons (Fsp3) is 0.353. The molecule has 0 spiro atoms. The van der Waals surface area contributed by atoms with Crippen molar-refractivity contribution in [2.75, 3.05) is 13.2 Å². The van der Waals surface area contributed by atoms with Crippen molar-refractivity contribution in [3.8, 4) is 0 Å². The van der Waals surface area contributed by atoms with Crippen molar-refractivity contribution in [1.29, 1.82) is 0 Å². The summed E-state index contributed by atoms with van der Waals surface area (Å²) in [6, 6.07) is 7.80. The van der Waals surface area contributed by atoms with Crippen molar-refractivity contribution in [3.05, 3.63) is 40.9 Å². The quantitative estimate of drug-likeness (QED) is 0.785. The molecule has 1 amide bonds. The van der Waals surface area contributed by atoms with Crippen molar-refractivity contribution >= 4 is 37.5 Å². The number of fused-ring (bicyclic) bond motifs is 3. The number of nitrogens with one attached hydrogen (secondary N) is 1. The van der Waals surface area contributed by atoms with E-state index in [1.54, 1.807) is 0 Å². The van der Waals surface area contributed by atoms with Crippen LogP contribution in [0.2, 0.25) is 0 Å². The number of thiophene rings is 1. The highest BCUT2D eigenvalue weighted by atomic mass is 32.1. The molecule has 1 N–H and O–H groups in total. The van der Waals surface area contributed by atoms with Gasteiger partial charge < -0.3 is 10.1 Å². The molecule has 3 aromatic rings. The zero-order valence-electron chi connectivity index (χ0n) is 13.0. The number of nitrogens with zero attached hydrogens (tertiary/aromatic N) is 2. The van der Waals surface area contributed by atoms with Crippen LogP contribution in [-0.4, -0.2) is 34.7 Å². The molecule has 0 bridgehead atoms. The van der Waals surface area contributed by atoms with E-state index in [4.69, 9.17) is 4.74 Å². The minimum atomic E-state index is -0.199. The average Bonchev–Trinajstić information content (AvgIpc) is 3.23. The molecule has 124 valence electrons. The summed E-state index contributed by atoms with van der Waals surface area (Å²) in [5, 5.41) is 3.80. The summed E-state index contributed by atoms with van der Waals surface area (Å²) in [4.78, 5) is 29.1. The molecule has 4 rings (SSSR count). The molecule has 3 heterocycles. The highest BCUT2D eigenvalue weighted by Crippen LogP contribution is 2.29. The Morgan fingerprint density at radius 1 is 1.42 bits per heavy atom. The lowest BCUT2D eigenvalue weighted by Gasteiger charge is -2.11. The Hall–Kier alpha value is -2.25. The van der Waals surface area contributed by atoms with E-state index in [2.05, 4.69) is 10.3 Å². The van der Waals surface area contributed by atoms with E-state index < -0.39 is 0 Å². The Bertz CT molecular complexity index is 957. The molecular weight excluding hydrogens is 326 g/mol. The van der Waals surface area contributed by atoms with E-state index in [9.17, 15) is 9.59 Å². The van der Waals surface area contributed by atoms with Gasteiger partial charge in [0.1, 0.15) is 11.2 Å². The van der Waals surface area contributed by atoms with Crippen molar-refractivity contribution in [2.45, 2.75) is 25.5 Å². The number of benzene rings is 1. The Labute approximate surface area is 142 Å². The van der Waals surface area contributed by atoms with Crippen LogP contribution in [-0.2, 0) is 16.1 Å². The zero-order chi connectivity index (χ0) is 16.5. The van der Waals surface area contributed by atoms with Gasteiger partial charge in [0.25, 0.3) is 5.56 Å². The fourth-order valence-corrected chi connectivity index (χ4v) is 4.08. The lowest BCUT2D eigenvalue weighted by atomic mass is 10.2. The monoisotopic (exact) mass is 343 g/mol. The van der Waals surface area contributed by atoms with Crippen LogP contribution in [0.1, 0.15) is 12.8 Å². The smallest absolute Gasteiger partial charge is 0.271 e. The summed E-state index contributed by atoms with van der Waals surface area (Å²) < 4.78 is 8.45. The number of hydrogen-bond donors (Lipinski definition) is 1. The topological polar surface area (TPSA) is 73.2 Å². The molecule has 0 unspecified atom stereocenters. The van der Waals surface area contributed by atoms with Gasteiger partial charge in [-0.1, -0.05) is 18.2 Å². The van der Waals surface area contributed by atoms with Gasteiger partial charge in [-0.15, -0.1) is 11.3 Å². The van der Waals surface area contributed by atoms with Crippen LogP contribution in [0.25, 0.3) is 20.3 Å². The molecule has 1 atom stereocenters. The SMILES string of the molecule is O=C(Cn1cnc2c(sc3ccccc32)c1=O)NC[C@H]1CCCO1. The van der Waals surface area contributed by atoms with Crippen LogP contribution in [0.4, 0.5) is 0 Å². The van der Waals surface area contributed by atoms with Gasteiger partial charge >= 0.3 is 0 Å². The van der Waals surface area contributed by atoms with Gasteiger partial charge in [-0.25, -0.2) is 4.98 Å². The van der Waals surface area contributed by atoms with Gasteiger partial charge in [-0.05, 0) is 18.9 Å². The van der Waals surface area contributed by atoms with Crippen LogP contribution in [0.5, 0.6) is 0 Å². The maximum absolute atomic E-state index is 12.6. The van der Waals surface area contributed by atoms with Gasteiger partial charge in [-0.2, -0.15) is 0 Å². The van der Waals surface area contributed by atoms with Crippen LogP contribution >= 0.6 is 11.3 Å². The van der Waals surface area contributed by atoms with E-state index >= 15 is 0 Å². The largest absolute Gasteiger partial charge is 0.376 e. The second kappa shape index (κ2) is 6.33. The lowest BCUT2D eigenvalue weighted by molar-refractivity contribution is -0.122. The Morgan fingerprint density at radius 3 is 3.12 bits per heavy atom. The van der Waals surface area contributed by atoms with Crippen LogP contribution in [0.3, 0.4) is 0 Å². The number of carbonyl (C=O) groups excluding carboxylic acids is 1. The molecule has 1 fully saturated rings. The molecular formula is C17H17N3O3S. The normalized spacial score (nSPS) is 17.6. The Kier molecular flexibility index (Phi) is 4.03. The third-order valence-electron chi connectivity index (χ3n) is 4.22. The predicted molar refractivity (Wildman–Crippen MR) is 93.4 cm³/mol. The van der Waals surface area contributed by atoms with Gasteiger partial charge in [0.15, 0.2) is 0 Å². The molecule has 1 aliphatic heterocycles. The first-order chi connectivity index (χ1) is 11.7. The second-order valence-electron chi connectivity index (χ2n) is 5.89. The number of ether oxygens (including phenoxy) is 1. The summed E-state index contributed by atoms with van der Waals surface area (Å²) in [7, 11) is 0. The molecule has 1 saturated heterocycles. The first-order valence-electron chi connectivity index (χ1n) is 7.97. The number of hydrogen-bond acceptors (Lipinski definition) is 5. The summed E-state index contributed by atoms with van der Waals surface area (Å²) in [6.45, 7) is 1.22. The molecule has 0 saturated carbocycles. The van der Waals surface area contributed by atoms with Crippen molar-refractivity contribution in [2.24, 2.45) is 0 Å². The minimum absolute atomic E-state index is 0.0251. The highest BCUT2D eigenvalue weighted by molar-refractivity contribution is 7.25. The maximum Gasteiger partial charge on any atom is 0.271 e. The molecule has 0 radical (unpaired) electrons. The summed E-state index contributed by atoms with van der Waals surface area (Å²) in [5.74, 6) is -0.199. The van der Waals surface area contributed by atoms with Crippen molar-refractivity contribution < 1.29 is 9.53 Å². The van der Waals surface area contributed by atoms with Crippen LogP contribution in [0, 0.1) is 0 Å². The molecule has 24 heavy (non-hydrogen) atoms. The molecule has 1 aromatic carbocycles. The van der Waals surface area contributed by atoms with Gasteiger partial charge in [-0.3, -0.25) is 14.2 Å². The number of rotatable bonds is 4. The zero-order valence-corrected chi connectivity index (χ0v) is 13.8. The first-order valence-corrected chi connectivity index (χ1v) is 8.79. The molecule has 1 aliphatic rings. The van der Waals surface area contributed by atoms with E-state index in [0.29, 0.717) is 16.8 Å². The molecule has 2 aromatic heterocycles. The summed E-state index contributed by atoms with van der Waals surface area (Å²) in [6.07, 6.45) is 3.55. The standard InChI is InChI=1S/C17H17N3O3S/c21-14(18-8-11-4-3-7-23-11)9-20-10-19-15-12-5-1-2-6-13(12)24-16(15)17(20)22/h1-2,5-6,10-11H,3-4,7-9H2,(H,18,21)/t11-/m1/s1. The summed E-state index contributed by atoms with van der Waals surface area (Å²) in [5.41, 5.74) is 0.532. The molecule has 6 nitrogen and oxygen atoms in total. The van der Waals surface area contributed by atoms with Gasteiger partial charge in [0.05, 0.1) is 17.9 Å². The average molecular weight is 343 g/mol. The number of carbonyl (C=O) groups is 1. The number of amides is 1. The maximum atomic E-state index is 12.6. The molecule has 7 heteroatoms. The van der Waals surface area contributed by atoms with E-state index in [1.807, 2.05) is 24.3 Å². The second-order valence-corrected chi connectivity index (χ2v) is 6.94. The third kappa shape index (κ3) is 2.81. The minimum Gasteiger partial charge on any atom is -0.376 e. The third-order valence-corrected chi connectivity index (χ3v) is 5.36.